The molecule has 2 aromatic rings. The van der Waals surface area contributed by atoms with Crippen LogP contribution >= 0.6 is 11.6 Å². The Balaban J connectivity index is 2.08. The van der Waals surface area contributed by atoms with E-state index >= 15 is 0 Å². The summed E-state index contributed by atoms with van der Waals surface area (Å²) in [6.45, 7) is 4.49. The summed E-state index contributed by atoms with van der Waals surface area (Å²) in [5.41, 5.74) is 2.09. The van der Waals surface area contributed by atoms with Crippen LogP contribution in [0.4, 0.5) is 0 Å². The molecular weight excluding hydrogens is 304 g/mol. The molecule has 0 N–H and O–H groups in total. The molecule has 0 amide bonds. The second-order valence-corrected chi connectivity index (χ2v) is 6.87. The van der Waals surface area contributed by atoms with E-state index in [4.69, 9.17) is 16.3 Å². The van der Waals surface area contributed by atoms with Crippen LogP contribution < -0.4 is 4.74 Å². The molecule has 0 aliphatic heterocycles. The number of aryl methyl sites for hydroxylation is 1. The van der Waals surface area contributed by atoms with Crippen molar-refractivity contribution in [2.45, 2.75) is 31.8 Å². The number of hydrogen-bond donors (Lipinski definition) is 0. The van der Waals surface area contributed by atoms with E-state index in [-0.39, 0.29) is 0 Å². The highest BCUT2D eigenvalue weighted by Crippen LogP contribution is 2.22. The van der Waals surface area contributed by atoms with Crippen LogP contribution in [-0.4, -0.2) is 9.96 Å². The van der Waals surface area contributed by atoms with E-state index in [1.807, 2.05) is 56.3 Å². The summed E-state index contributed by atoms with van der Waals surface area (Å²) in [4.78, 5) is 0.866. The van der Waals surface area contributed by atoms with E-state index in [1.54, 1.807) is 0 Å². The summed E-state index contributed by atoms with van der Waals surface area (Å²) in [6, 6.07) is 13.3. The quantitative estimate of drug-likeness (QED) is 0.767. The number of rotatable bonds is 6. The van der Waals surface area contributed by atoms with Crippen LogP contribution in [0.1, 0.15) is 24.5 Å². The molecule has 0 heterocycles. The summed E-state index contributed by atoms with van der Waals surface area (Å²) in [5.74, 6) is 1.43. The maximum Gasteiger partial charge on any atom is 0.121 e. The van der Waals surface area contributed by atoms with Gasteiger partial charge in [-0.2, -0.15) is 0 Å². The van der Waals surface area contributed by atoms with Gasteiger partial charge < -0.3 is 4.74 Å². The molecule has 21 heavy (non-hydrogen) atoms. The lowest BCUT2D eigenvalue weighted by Gasteiger charge is -2.10. The summed E-state index contributed by atoms with van der Waals surface area (Å²) in [5, 5.41) is 0.714. The highest BCUT2D eigenvalue weighted by Gasteiger charge is 2.08. The van der Waals surface area contributed by atoms with Gasteiger partial charge in [-0.1, -0.05) is 36.7 Å². The molecule has 1 atom stereocenters. The van der Waals surface area contributed by atoms with Crippen molar-refractivity contribution in [1.82, 2.24) is 0 Å². The first-order valence-electron chi connectivity index (χ1n) is 6.96. The largest absolute Gasteiger partial charge is 0.489 e. The van der Waals surface area contributed by atoms with E-state index in [0.29, 0.717) is 17.4 Å². The number of halogens is 1. The highest BCUT2D eigenvalue weighted by molar-refractivity contribution is 7.85. The summed E-state index contributed by atoms with van der Waals surface area (Å²) in [6.07, 6.45) is 0.905. The van der Waals surface area contributed by atoms with E-state index < -0.39 is 10.8 Å². The number of ether oxygens (including phenoxy) is 1. The third-order valence-corrected chi connectivity index (χ3v) is 5.07. The molecule has 0 spiro atoms. The van der Waals surface area contributed by atoms with Crippen LogP contribution in [0.2, 0.25) is 5.02 Å². The van der Waals surface area contributed by atoms with Crippen LogP contribution in [-0.2, 0) is 17.4 Å². The fourth-order valence-electron chi connectivity index (χ4n) is 1.96. The standard InChI is InChI=1S/C17H19ClO2S/c1-3-10-21(19)17-11-16(9-4-13(17)2)20-12-14-5-7-15(18)8-6-14/h4-9,11H,3,10,12H2,1-2H3. The van der Waals surface area contributed by atoms with Crippen LogP contribution in [0, 0.1) is 6.92 Å². The minimum Gasteiger partial charge on any atom is -0.489 e. The van der Waals surface area contributed by atoms with Gasteiger partial charge in [-0.3, -0.25) is 4.21 Å². The second kappa shape index (κ2) is 7.62. The molecule has 0 aliphatic carbocycles. The molecule has 2 nitrogen and oxygen atoms in total. The topological polar surface area (TPSA) is 26.3 Å². The Morgan fingerprint density at radius 3 is 2.52 bits per heavy atom. The zero-order chi connectivity index (χ0) is 15.2. The van der Waals surface area contributed by atoms with Crippen LogP contribution in [0.25, 0.3) is 0 Å². The van der Waals surface area contributed by atoms with Gasteiger partial charge in [-0.05, 0) is 48.7 Å². The monoisotopic (exact) mass is 322 g/mol. The normalized spacial score (nSPS) is 12.1. The average Bonchev–Trinajstić information content (AvgIpc) is 2.48. The Labute approximate surface area is 133 Å². The fourth-order valence-corrected chi connectivity index (χ4v) is 3.35. The summed E-state index contributed by atoms with van der Waals surface area (Å²) >= 11 is 5.86. The number of hydrogen-bond acceptors (Lipinski definition) is 2. The highest BCUT2D eigenvalue weighted by atomic mass is 35.5. The van der Waals surface area contributed by atoms with Gasteiger partial charge in [0.25, 0.3) is 0 Å². The van der Waals surface area contributed by atoms with Gasteiger partial charge in [-0.25, -0.2) is 0 Å². The molecule has 0 aliphatic rings. The molecule has 112 valence electrons. The smallest absolute Gasteiger partial charge is 0.121 e. The molecular formula is C17H19ClO2S. The van der Waals surface area contributed by atoms with E-state index in [2.05, 4.69) is 0 Å². The van der Waals surface area contributed by atoms with Crippen molar-refractivity contribution in [2.24, 2.45) is 0 Å². The minimum absolute atomic E-state index is 0.472. The zero-order valence-electron chi connectivity index (χ0n) is 12.3. The van der Waals surface area contributed by atoms with Crippen molar-refractivity contribution in [3.63, 3.8) is 0 Å². The first-order chi connectivity index (χ1) is 10.1. The Morgan fingerprint density at radius 1 is 1.14 bits per heavy atom. The lowest BCUT2D eigenvalue weighted by Crippen LogP contribution is -2.01. The molecule has 0 bridgehead atoms. The lowest BCUT2D eigenvalue weighted by atomic mass is 10.2. The third kappa shape index (κ3) is 4.58. The molecule has 1 unspecified atom stereocenters. The molecule has 0 aromatic heterocycles. The van der Waals surface area contributed by atoms with Crippen molar-refractivity contribution >= 4 is 22.4 Å². The lowest BCUT2D eigenvalue weighted by molar-refractivity contribution is 0.305. The molecule has 4 heteroatoms. The first kappa shape index (κ1) is 16.1. The maximum atomic E-state index is 12.2. The van der Waals surface area contributed by atoms with Crippen molar-refractivity contribution in [1.29, 1.82) is 0 Å². The fraction of sp³-hybridized carbons (Fsp3) is 0.294. The van der Waals surface area contributed by atoms with Crippen molar-refractivity contribution in [2.75, 3.05) is 5.75 Å². The number of benzene rings is 2. The van der Waals surface area contributed by atoms with E-state index in [9.17, 15) is 4.21 Å². The van der Waals surface area contributed by atoms with Gasteiger partial charge in [-0.15, -0.1) is 0 Å². The first-order valence-corrected chi connectivity index (χ1v) is 8.66. The van der Waals surface area contributed by atoms with Gasteiger partial charge in [0.05, 0.1) is 10.8 Å². The Bertz CT molecular complexity index is 623. The van der Waals surface area contributed by atoms with Crippen LogP contribution in [0.3, 0.4) is 0 Å². The summed E-state index contributed by atoms with van der Waals surface area (Å²) < 4.78 is 17.9. The Morgan fingerprint density at radius 2 is 1.86 bits per heavy atom. The second-order valence-electron chi connectivity index (χ2n) is 4.89. The van der Waals surface area contributed by atoms with Gasteiger partial charge in [0.1, 0.15) is 12.4 Å². The van der Waals surface area contributed by atoms with Gasteiger partial charge in [0.15, 0.2) is 0 Å². The molecule has 0 radical (unpaired) electrons. The third-order valence-electron chi connectivity index (χ3n) is 3.11. The Hall–Kier alpha value is -1.32. The van der Waals surface area contributed by atoms with E-state index in [1.165, 1.54) is 0 Å². The van der Waals surface area contributed by atoms with Crippen molar-refractivity contribution < 1.29 is 8.95 Å². The minimum atomic E-state index is -0.954. The molecule has 2 aromatic carbocycles. The predicted octanol–water partition coefficient (Wildman–Crippen LogP) is 4.75. The van der Waals surface area contributed by atoms with Crippen LogP contribution in [0.5, 0.6) is 5.75 Å². The van der Waals surface area contributed by atoms with Crippen LogP contribution in [0.15, 0.2) is 47.4 Å². The molecule has 0 saturated carbocycles. The van der Waals surface area contributed by atoms with Gasteiger partial charge >= 0.3 is 0 Å². The molecule has 0 saturated heterocycles. The maximum absolute atomic E-state index is 12.2. The predicted molar refractivity (Wildman–Crippen MR) is 88.5 cm³/mol. The van der Waals surface area contributed by atoms with Gasteiger partial charge in [0, 0.05) is 15.7 Å². The molecule has 2 rings (SSSR count). The molecule has 0 fully saturated rings. The van der Waals surface area contributed by atoms with Gasteiger partial charge in [0.2, 0.25) is 0 Å². The average molecular weight is 323 g/mol. The van der Waals surface area contributed by atoms with E-state index in [0.717, 1.165) is 28.2 Å². The van der Waals surface area contributed by atoms with Crippen molar-refractivity contribution in [3.05, 3.63) is 58.6 Å². The summed E-state index contributed by atoms with van der Waals surface area (Å²) in [7, 11) is -0.954. The van der Waals surface area contributed by atoms with Crippen molar-refractivity contribution in [3.8, 4) is 5.75 Å². The zero-order valence-corrected chi connectivity index (χ0v) is 13.8. The SMILES string of the molecule is CCCS(=O)c1cc(OCc2ccc(Cl)cc2)ccc1C. The Kier molecular flexibility index (Phi) is 5.83.